The minimum Gasteiger partial charge on any atom is -0.481 e. The molecule has 0 aromatic rings. The summed E-state index contributed by atoms with van der Waals surface area (Å²) in [6.07, 6.45) is 0.928. The van der Waals surface area contributed by atoms with Crippen molar-refractivity contribution in [1.29, 1.82) is 0 Å². The molecular formula is C8H9ClO3. The number of hydrogen-bond donors (Lipinski definition) is 1. The van der Waals surface area contributed by atoms with E-state index in [0.29, 0.717) is 12.8 Å². The van der Waals surface area contributed by atoms with Gasteiger partial charge in [0.15, 0.2) is 0 Å². The monoisotopic (exact) mass is 188 g/mol. The average molecular weight is 189 g/mol. The van der Waals surface area contributed by atoms with Gasteiger partial charge in [-0.2, -0.15) is 0 Å². The zero-order chi connectivity index (χ0) is 8.88. The molecule has 2 bridgehead atoms. The highest BCUT2D eigenvalue weighted by atomic mass is 35.5. The van der Waals surface area contributed by atoms with E-state index in [4.69, 9.17) is 16.7 Å². The molecule has 12 heavy (non-hydrogen) atoms. The van der Waals surface area contributed by atoms with E-state index in [1.165, 1.54) is 0 Å². The molecule has 0 saturated heterocycles. The maximum atomic E-state index is 11.2. The normalized spacial score (nSPS) is 45.2. The third kappa shape index (κ3) is 0.891. The molecule has 66 valence electrons. The molecule has 0 aromatic heterocycles. The second kappa shape index (κ2) is 2.46. The molecule has 2 aliphatic carbocycles. The summed E-state index contributed by atoms with van der Waals surface area (Å²) in [5, 5.41) is 8.72. The lowest BCUT2D eigenvalue weighted by Gasteiger charge is -2.12. The number of carbonyl (C=O) groups excluding carboxylic acids is 1. The number of hydrogen-bond acceptors (Lipinski definition) is 2. The Kier molecular flexibility index (Phi) is 1.65. The quantitative estimate of drug-likeness (QED) is 0.623. The molecule has 2 rings (SSSR count). The fourth-order valence-corrected chi connectivity index (χ4v) is 2.85. The van der Waals surface area contributed by atoms with E-state index >= 15 is 0 Å². The van der Waals surface area contributed by atoms with Crippen molar-refractivity contribution < 1.29 is 14.7 Å². The average Bonchev–Trinajstić information content (AvgIpc) is 2.41. The lowest BCUT2D eigenvalue weighted by molar-refractivity contribution is -0.144. The summed E-state index contributed by atoms with van der Waals surface area (Å²) < 4.78 is 0. The molecular weight excluding hydrogens is 180 g/mol. The molecule has 0 aromatic carbocycles. The molecule has 0 amide bonds. The zero-order valence-corrected chi connectivity index (χ0v) is 7.12. The van der Waals surface area contributed by atoms with Crippen LogP contribution in [-0.2, 0) is 9.59 Å². The molecule has 1 unspecified atom stereocenters. The fourth-order valence-electron chi connectivity index (χ4n) is 2.41. The van der Waals surface area contributed by atoms with Crippen molar-refractivity contribution in [2.45, 2.75) is 18.2 Å². The Balaban J connectivity index is 2.28. The Labute approximate surface area is 74.7 Å². The Morgan fingerprint density at radius 2 is 2.25 bits per heavy atom. The summed E-state index contributed by atoms with van der Waals surface area (Å²) in [4.78, 5) is 21.9. The Morgan fingerprint density at radius 1 is 1.58 bits per heavy atom. The van der Waals surface area contributed by atoms with Crippen molar-refractivity contribution in [2.75, 3.05) is 0 Å². The second-order valence-electron chi connectivity index (χ2n) is 3.56. The highest BCUT2D eigenvalue weighted by Gasteiger charge is 2.55. The molecule has 4 heteroatoms. The van der Waals surface area contributed by atoms with E-state index in [0.717, 1.165) is 0 Å². The van der Waals surface area contributed by atoms with Gasteiger partial charge in [-0.05, 0) is 12.3 Å². The van der Waals surface area contributed by atoms with Crippen molar-refractivity contribution in [1.82, 2.24) is 0 Å². The van der Waals surface area contributed by atoms with Gasteiger partial charge in [-0.15, -0.1) is 11.6 Å². The van der Waals surface area contributed by atoms with Crippen molar-refractivity contribution in [3.05, 3.63) is 0 Å². The minimum atomic E-state index is -0.862. The van der Waals surface area contributed by atoms with Gasteiger partial charge in [0, 0.05) is 17.7 Å². The third-order valence-corrected chi connectivity index (χ3v) is 3.48. The van der Waals surface area contributed by atoms with E-state index in [1.807, 2.05) is 0 Å². The molecule has 4 atom stereocenters. The SMILES string of the molecule is O=C(O)C1[C@H]2CC(=O)[C@@H]1C[C@H]2Cl. The topological polar surface area (TPSA) is 54.4 Å². The molecule has 3 nitrogen and oxygen atoms in total. The number of carboxylic acids is 1. The molecule has 0 aliphatic heterocycles. The van der Waals surface area contributed by atoms with Crippen LogP contribution in [0.5, 0.6) is 0 Å². The maximum Gasteiger partial charge on any atom is 0.307 e. The largest absolute Gasteiger partial charge is 0.481 e. The van der Waals surface area contributed by atoms with Crippen LogP contribution >= 0.6 is 11.6 Å². The van der Waals surface area contributed by atoms with Gasteiger partial charge in [0.2, 0.25) is 0 Å². The predicted molar refractivity (Wildman–Crippen MR) is 42.0 cm³/mol. The van der Waals surface area contributed by atoms with Gasteiger partial charge in [0.05, 0.1) is 5.92 Å². The van der Waals surface area contributed by atoms with Crippen molar-refractivity contribution in [3.8, 4) is 0 Å². The number of carboxylic acid groups (broad SMARTS) is 1. The van der Waals surface area contributed by atoms with Gasteiger partial charge in [-0.25, -0.2) is 0 Å². The first-order valence-corrected chi connectivity index (χ1v) is 4.44. The molecule has 2 fully saturated rings. The molecule has 0 heterocycles. The minimum absolute atomic E-state index is 0.0873. The standard InChI is InChI=1S/C8H9ClO3/c9-5-1-4-6(10)2-3(5)7(4)8(11)12/h3-5,7H,1-2H2,(H,11,12)/t3-,4-,5+,7?/m0/s1. The van der Waals surface area contributed by atoms with E-state index in [1.54, 1.807) is 0 Å². The zero-order valence-electron chi connectivity index (χ0n) is 6.37. The van der Waals surface area contributed by atoms with Gasteiger partial charge >= 0.3 is 5.97 Å². The summed E-state index contributed by atoms with van der Waals surface area (Å²) in [6, 6.07) is 0. The van der Waals surface area contributed by atoms with Crippen LogP contribution in [0.3, 0.4) is 0 Å². The van der Waals surface area contributed by atoms with Crippen molar-refractivity contribution >= 4 is 23.4 Å². The third-order valence-electron chi connectivity index (χ3n) is 2.97. The van der Waals surface area contributed by atoms with Crippen LogP contribution in [0.4, 0.5) is 0 Å². The predicted octanol–water partition coefficient (Wildman–Crippen LogP) is 0.904. The van der Waals surface area contributed by atoms with Gasteiger partial charge < -0.3 is 5.11 Å². The number of fused-ring (bicyclic) bond motifs is 2. The van der Waals surface area contributed by atoms with Gasteiger partial charge in [-0.3, -0.25) is 9.59 Å². The van der Waals surface area contributed by atoms with Crippen LogP contribution in [0, 0.1) is 17.8 Å². The van der Waals surface area contributed by atoms with Crippen LogP contribution < -0.4 is 0 Å². The smallest absolute Gasteiger partial charge is 0.307 e. The summed E-state index contributed by atoms with van der Waals surface area (Å²) in [7, 11) is 0. The summed E-state index contributed by atoms with van der Waals surface area (Å²) in [5.74, 6) is -1.68. The number of carbonyl (C=O) groups is 2. The number of rotatable bonds is 1. The first kappa shape index (κ1) is 8.05. The molecule has 2 aliphatic rings. The first-order chi connectivity index (χ1) is 5.61. The number of halogens is 1. The van der Waals surface area contributed by atoms with Gasteiger partial charge in [-0.1, -0.05) is 0 Å². The van der Waals surface area contributed by atoms with Crippen LogP contribution in [-0.4, -0.2) is 22.2 Å². The van der Waals surface area contributed by atoms with E-state index in [2.05, 4.69) is 0 Å². The highest BCUT2D eigenvalue weighted by molar-refractivity contribution is 6.22. The number of aliphatic carboxylic acids is 1. The number of ketones is 1. The van der Waals surface area contributed by atoms with Crippen LogP contribution in [0.15, 0.2) is 0 Å². The van der Waals surface area contributed by atoms with Crippen LogP contribution in [0.2, 0.25) is 0 Å². The maximum absolute atomic E-state index is 11.2. The Morgan fingerprint density at radius 3 is 2.58 bits per heavy atom. The Hall–Kier alpha value is -0.570. The van der Waals surface area contributed by atoms with Crippen LogP contribution in [0.1, 0.15) is 12.8 Å². The van der Waals surface area contributed by atoms with Crippen molar-refractivity contribution in [3.63, 3.8) is 0 Å². The number of Topliss-reactive ketones (excluding diaryl/α,β-unsaturated/α-hetero) is 1. The lowest BCUT2D eigenvalue weighted by atomic mass is 9.98. The first-order valence-electron chi connectivity index (χ1n) is 4.01. The lowest BCUT2D eigenvalue weighted by Crippen LogP contribution is -2.20. The number of alkyl halides is 1. The highest BCUT2D eigenvalue weighted by Crippen LogP contribution is 2.49. The Bertz CT molecular complexity index is 251. The van der Waals surface area contributed by atoms with Crippen molar-refractivity contribution in [2.24, 2.45) is 17.8 Å². The van der Waals surface area contributed by atoms with E-state index in [9.17, 15) is 9.59 Å². The molecule has 2 saturated carbocycles. The van der Waals surface area contributed by atoms with Gasteiger partial charge in [0.25, 0.3) is 0 Å². The molecule has 0 radical (unpaired) electrons. The summed E-state index contributed by atoms with van der Waals surface area (Å²) >= 11 is 5.90. The molecule has 0 spiro atoms. The second-order valence-corrected chi connectivity index (χ2v) is 4.12. The van der Waals surface area contributed by atoms with Crippen LogP contribution in [0.25, 0.3) is 0 Å². The summed E-state index contributed by atoms with van der Waals surface area (Å²) in [6.45, 7) is 0. The molecule has 1 N–H and O–H groups in total. The fraction of sp³-hybridized carbons (Fsp3) is 0.750. The van der Waals surface area contributed by atoms with E-state index in [-0.39, 0.29) is 23.0 Å². The summed E-state index contributed by atoms with van der Waals surface area (Å²) in [5.41, 5.74) is 0. The van der Waals surface area contributed by atoms with Gasteiger partial charge in [0.1, 0.15) is 5.78 Å². The van der Waals surface area contributed by atoms with E-state index < -0.39 is 11.9 Å².